The van der Waals surface area contributed by atoms with Gasteiger partial charge >= 0.3 is 0 Å². The predicted octanol–water partition coefficient (Wildman–Crippen LogP) is 6.41. The lowest BCUT2D eigenvalue weighted by atomic mass is 10.0. The number of allylic oxidation sites excluding steroid dienone is 2. The number of aromatic nitrogens is 1. The molecule has 0 aliphatic heterocycles. The minimum atomic E-state index is 0.671. The van der Waals surface area contributed by atoms with E-state index in [1.807, 2.05) is 43.3 Å². The molecule has 3 rings (SSSR count). The van der Waals surface area contributed by atoms with E-state index in [0.717, 1.165) is 54.0 Å². The number of unbranched alkanes of at least 4 members (excludes halogenated alkanes) is 2. The van der Waals surface area contributed by atoms with Crippen LogP contribution in [0.15, 0.2) is 79.0 Å². The molecule has 0 N–H and O–H groups in total. The summed E-state index contributed by atoms with van der Waals surface area (Å²) in [6.45, 7) is 2.77. The van der Waals surface area contributed by atoms with E-state index in [0.29, 0.717) is 5.56 Å². The molecule has 0 fully saturated rings. The number of hydrogen-bond donors (Lipinski definition) is 0. The molecule has 0 atom stereocenters. The van der Waals surface area contributed by atoms with E-state index in [-0.39, 0.29) is 0 Å². The number of benzene rings is 2. The van der Waals surface area contributed by atoms with Gasteiger partial charge in [-0.2, -0.15) is 5.26 Å². The summed E-state index contributed by atoms with van der Waals surface area (Å²) in [5.41, 5.74) is 4.87. The van der Waals surface area contributed by atoms with Crippen molar-refractivity contribution in [1.29, 1.82) is 5.26 Å². The average Bonchev–Trinajstić information content (AvgIpc) is 2.77. The maximum atomic E-state index is 8.90. The number of ether oxygens (including phenoxy) is 1. The first kappa shape index (κ1) is 19.4. The lowest BCUT2D eigenvalue weighted by molar-refractivity contribution is 0.306. The molecule has 0 saturated carbocycles. The molecule has 0 unspecified atom stereocenters. The van der Waals surface area contributed by atoms with Crippen LogP contribution in [0.5, 0.6) is 5.75 Å². The molecule has 3 aromatic rings. The number of rotatable bonds is 8. The molecule has 0 amide bonds. The summed E-state index contributed by atoms with van der Waals surface area (Å²) in [7, 11) is 0. The lowest BCUT2D eigenvalue weighted by Crippen LogP contribution is -1.97. The molecular formula is C25H24N2O. The summed E-state index contributed by atoms with van der Waals surface area (Å²) in [6.07, 6.45) is 9.35. The van der Waals surface area contributed by atoms with Crippen molar-refractivity contribution in [3.8, 4) is 34.2 Å². The van der Waals surface area contributed by atoms with Gasteiger partial charge in [0, 0.05) is 5.56 Å². The Morgan fingerprint density at radius 3 is 2.18 bits per heavy atom. The molecule has 2 aromatic carbocycles. The molecule has 1 aromatic heterocycles. The van der Waals surface area contributed by atoms with E-state index >= 15 is 0 Å². The molecular weight excluding hydrogens is 344 g/mol. The van der Waals surface area contributed by atoms with Gasteiger partial charge in [0.05, 0.1) is 30.1 Å². The van der Waals surface area contributed by atoms with Crippen molar-refractivity contribution in [2.45, 2.75) is 26.2 Å². The Hall–Kier alpha value is -3.38. The zero-order chi connectivity index (χ0) is 19.6. The molecule has 3 heteroatoms. The quantitative estimate of drug-likeness (QED) is 0.341. The van der Waals surface area contributed by atoms with Crippen LogP contribution in [-0.4, -0.2) is 11.6 Å². The molecule has 0 spiro atoms. The maximum absolute atomic E-state index is 8.90. The Kier molecular flexibility index (Phi) is 6.98. The first-order valence-corrected chi connectivity index (χ1v) is 9.61. The van der Waals surface area contributed by atoms with Crippen LogP contribution in [0, 0.1) is 11.3 Å². The van der Waals surface area contributed by atoms with E-state index in [2.05, 4.69) is 47.5 Å². The van der Waals surface area contributed by atoms with Crippen molar-refractivity contribution in [3.63, 3.8) is 0 Å². The monoisotopic (exact) mass is 368 g/mol. The smallest absolute Gasteiger partial charge is 0.137 e. The molecule has 0 aliphatic carbocycles. The van der Waals surface area contributed by atoms with Crippen LogP contribution in [0.4, 0.5) is 0 Å². The van der Waals surface area contributed by atoms with E-state index in [1.165, 1.54) is 0 Å². The fraction of sp³-hybridized carbons (Fsp3) is 0.200. The van der Waals surface area contributed by atoms with Crippen LogP contribution >= 0.6 is 0 Å². The van der Waals surface area contributed by atoms with Gasteiger partial charge in [-0.1, -0.05) is 48.6 Å². The van der Waals surface area contributed by atoms with Gasteiger partial charge in [0.25, 0.3) is 0 Å². The summed E-state index contributed by atoms with van der Waals surface area (Å²) < 4.78 is 5.76. The van der Waals surface area contributed by atoms with Gasteiger partial charge in [0.1, 0.15) is 5.75 Å². The second-order valence-electron chi connectivity index (χ2n) is 6.56. The molecule has 3 nitrogen and oxygen atoms in total. The summed E-state index contributed by atoms with van der Waals surface area (Å²) in [6, 6.07) is 22.0. The third kappa shape index (κ3) is 5.31. The molecule has 0 radical (unpaired) electrons. The van der Waals surface area contributed by atoms with Crippen LogP contribution in [0.25, 0.3) is 22.4 Å². The number of nitriles is 1. The van der Waals surface area contributed by atoms with Crippen LogP contribution in [0.3, 0.4) is 0 Å². The van der Waals surface area contributed by atoms with E-state index < -0.39 is 0 Å². The third-order valence-corrected chi connectivity index (χ3v) is 4.53. The van der Waals surface area contributed by atoms with Gasteiger partial charge in [-0.25, -0.2) is 0 Å². The second-order valence-corrected chi connectivity index (χ2v) is 6.56. The number of nitrogens with zero attached hydrogens (tertiary/aromatic N) is 2. The van der Waals surface area contributed by atoms with E-state index in [9.17, 15) is 0 Å². The van der Waals surface area contributed by atoms with Crippen molar-refractivity contribution in [2.24, 2.45) is 0 Å². The van der Waals surface area contributed by atoms with Gasteiger partial charge in [-0.15, -0.1) is 0 Å². The Balaban J connectivity index is 1.58. The Morgan fingerprint density at radius 2 is 1.57 bits per heavy atom. The zero-order valence-electron chi connectivity index (χ0n) is 16.1. The molecule has 0 aliphatic rings. The average molecular weight is 368 g/mol. The van der Waals surface area contributed by atoms with Crippen molar-refractivity contribution in [3.05, 3.63) is 84.6 Å². The highest BCUT2D eigenvalue weighted by Crippen LogP contribution is 2.25. The van der Waals surface area contributed by atoms with Gasteiger partial charge in [0.15, 0.2) is 0 Å². The minimum Gasteiger partial charge on any atom is -0.492 e. The number of pyridine rings is 1. The minimum absolute atomic E-state index is 0.671. The normalized spacial score (nSPS) is 10.7. The van der Waals surface area contributed by atoms with Gasteiger partial charge < -0.3 is 4.74 Å². The summed E-state index contributed by atoms with van der Waals surface area (Å²) in [4.78, 5) is 4.53. The standard InChI is InChI=1S/C25H24N2O/c1-2-3-4-5-6-17-28-24-15-16-25(27-19-24)23-13-11-22(12-14-23)21-9-7-20(18-26)8-10-21/h2-3,7-16,19H,4-6,17H2,1H3. The van der Waals surface area contributed by atoms with Crippen molar-refractivity contribution in [2.75, 3.05) is 6.61 Å². The van der Waals surface area contributed by atoms with Gasteiger partial charge in [-0.05, 0) is 61.6 Å². The van der Waals surface area contributed by atoms with Crippen LogP contribution in [0.2, 0.25) is 0 Å². The van der Waals surface area contributed by atoms with E-state index in [1.54, 1.807) is 6.20 Å². The van der Waals surface area contributed by atoms with Gasteiger partial charge in [-0.3, -0.25) is 4.98 Å². The largest absolute Gasteiger partial charge is 0.492 e. The lowest BCUT2D eigenvalue weighted by Gasteiger charge is -2.07. The predicted molar refractivity (Wildman–Crippen MR) is 114 cm³/mol. The Bertz CT molecular complexity index is 934. The first-order valence-electron chi connectivity index (χ1n) is 9.61. The Morgan fingerprint density at radius 1 is 0.893 bits per heavy atom. The molecule has 0 saturated heterocycles. The molecule has 28 heavy (non-hydrogen) atoms. The van der Waals surface area contributed by atoms with Crippen LogP contribution in [0.1, 0.15) is 31.7 Å². The van der Waals surface area contributed by atoms with Crippen molar-refractivity contribution >= 4 is 0 Å². The van der Waals surface area contributed by atoms with Crippen molar-refractivity contribution in [1.82, 2.24) is 4.98 Å². The molecule has 1 heterocycles. The fourth-order valence-electron chi connectivity index (χ4n) is 2.93. The summed E-state index contributed by atoms with van der Waals surface area (Å²) >= 11 is 0. The fourth-order valence-corrected chi connectivity index (χ4v) is 2.93. The zero-order valence-corrected chi connectivity index (χ0v) is 16.1. The highest BCUT2D eigenvalue weighted by Gasteiger charge is 2.03. The van der Waals surface area contributed by atoms with Crippen LogP contribution in [-0.2, 0) is 0 Å². The maximum Gasteiger partial charge on any atom is 0.137 e. The van der Waals surface area contributed by atoms with E-state index in [4.69, 9.17) is 10.00 Å². The van der Waals surface area contributed by atoms with Gasteiger partial charge in [0.2, 0.25) is 0 Å². The van der Waals surface area contributed by atoms with Crippen LogP contribution < -0.4 is 4.74 Å². The summed E-state index contributed by atoms with van der Waals surface area (Å²) in [5.74, 6) is 0.809. The highest BCUT2D eigenvalue weighted by molar-refractivity contribution is 5.69. The molecule has 140 valence electrons. The molecule has 0 bridgehead atoms. The summed E-state index contributed by atoms with van der Waals surface area (Å²) in [5, 5.41) is 8.90. The highest BCUT2D eigenvalue weighted by atomic mass is 16.5. The topological polar surface area (TPSA) is 45.9 Å². The Labute approximate surface area is 167 Å². The SMILES string of the molecule is CC=CCCCCOc1ccc(-c2ccc(-c3ccc(C#N)cc3)cc2)nc1. The first-order chi connectivity index (χ1) is 13.8. The van der Waals surface area contributed by atoms with Crippen molar-refractivity contribution < 1.29 is 4.74 Å². The number of hydrogen-bond acceptors (Lipinski definition) is 3. The third-order valence-electron chi connectivity index (χ3n) is 4.53. The second kappa shape index (κ2) is 10.1.